The number of carbonyl (C=O) groups excluding carboxylic acids is 5. The number of piperidine rings is 5. The van der Waals surface area contributed by atoms with Gasteiger partial charge in [0, 0.05) is 213 Å². The molecule has 0 spiro atoms. The highest BCUT2D eigenvalue weighted by Crippen LogP contribution is 2.49. The molecule has 0 bridgehead atoms. The van der Waals surface area contributed by atoms with Crippen molar-refractivity contribution in [3.8, 4) is 57.5 Å². The highest BCUT2D eigenvalue weighted by atomic mass is 16.5. The zero-order valence-electron chi connectivity index (χ0n) is 123. The normalized spacial score (nSPS) is 39.2. The summed E-state index contributed by atoms with van der Waals surface area (Å²) in [7, 11) is -8.62. The van der Waals surface area contributed by atoms with Gasteiger partial charge in [-0.2, -0.15) is 0 Å². The number of ether oxygens (including phenoxy) is 9. The Morgan fingerprint density at radius 2 is 0.709 bits per heavy atom. The Labute approximate surface area is 777 Å². The average molecular weight is 1670 g/mol. The first-order valence-corrected chi connectivity index (χ1v) is 38.1. The topological polar surface area (TPSA) is 205 Å². The number of nitrogens with zero attached hydrogens (tertiary/aromatic N) is 5. The maximum atomic E-state index is 13.8. The quantitative estimate of drug-likeness (QED) is 0.0684. The number of phenols is 1. The van der Waals surface area contributed by atoms with Crippen molar-refractivity contribution >= 4 is 28.9 Å². The molecule has 1 N–H and O–H groups in total. The third kappa shape index (κ3) is 21.0. The van der Waals surface area contributed by atoms with Gasteiger partial charge in [-0.15, -0.1) is 0 Å². The molecule has 642 valence electrons. The van der Waals surface area contributed by atoms with Gasteiger partial charge in [0.15, 0.2) is 57.5 Å². The van der Waals surface area contributed by atoms with Crippen LogP contribution in [-0.2, 0) is 56.1 Å². The summed E-state index contributed by atoms with van der Waals surface area (Å²) >= 11 is 0. The Kier molecular flexibility index (Phi) is 14.6. The smallest absolute Gasteiger partial charge is 0.161 e. The molecular formula is C97H139N5O15. The molecule has 0 saturated carbocycles. The third-order valence-corrected chi connectivity index (χ3v) is 21.4. The van der Waals surface area contributed by atoms with E-state index in [-0.39, 0.29) is 150 Å². The second kappa shape index (κ2) is 41.0. The number of rotatable bonds is 22. The van der Waals surface area contributed by atoms with Crippen LogP contribution in [0, 0.1) is 59.0 Å². The summed E-state index contributed by atoms with van der Waals surface area (Å²) in [5, 5.41) is 10.3. The summed E-state index contributed by atoms with van der Waals surface area (Å²) < 4.78 is 499. The zero-order chi connectivity index (χ0) is 133. The Bertz CT molecular complexity index is 6790. The number of benzene rings is 5. The molecule has 13 atom stereocenters. The fraction of sp³-hybridized carbons (Fsp3) is 0.639. The maximum Gasteiger partial charge on any atom is 0.161 e. The molecule has 0 radical (unpaired) electrons. The van der Waals surface area contributed by atoms with Crippen LogP contribution in [-0.4, -0.2) is 187 Å². The minimum absolute atomic E-state index is 0.0324. The molecule has 5 aromatic rings. The van der Waals surface area contributed by atoms with E-state index in [0.29, 0.717) is 66.0 Å². The molecule has 10 heterocycles. The van der Waals surface area contributed by atoms with Crippen molar-refractivity contribution in [2.24, 2.45) is 59.0 Å². The monoisotopic (exact) mass is 1670 g/mol. The van der Waals surface area contributed by atoms with Crippen molar-refractivity contribution < 1.29 is 148 Å². The number of methoxy groups -OCH3 is 9. The summed E-state index contributed by atoms with van der Waals surface area (Å²) in [6.07, 6.45) is -28.2. The van der Waals surface area contributed by atoms with Gasteiger partial charge in [0.1, 0.15) is 28.9 Å². The first-order valence-electron chi connectivity index (χ1n) is 66.1. The molecule has 10 aliphatic heterocycles. The lowest BCUT2D eigenvalue weighted by atomic mass is 9.79. The van der Waals surface area contributed by atoms with Crippen molar-refractivity contribution in [3.05, 3.63) is 116 Å². The minimum Gasteiger partial charge on any atom is -0.504 e. The Balaban J connectivity index is 0.000000203. The van der Waals surface area contributed by atoms with Crippen LogP contribution in [0.25, 0.3) is 0 Å². The van der Waals surface area contributed by atoms with E-state index in [1.807, 2.05) is 13.8 Å². The van der Waals surface area contributed by atoms with E-state index in [4.69, 9.17) is 119 Å². The van der Waals surface area contributed by atoms with E-state index in [2.05, 4.69) is 0 Å². The van der Waals surface area contributed by atoms with Gasteiger partial charge in [-0.3, -0.25) is 48.5 Å². The first-order chi connectivity index (χ1) is 77.5. The fourth-order valence-corrected chi connectivity index (χ4v) is 15.6. The summed E-state index contributed by atoms with van der Waals surface area (Å²) in [5.41, 5.74) is 4.21. The van der Waals surface area contributed by atoms with Gasteiger partial charge >= 0.3 is 0 Å². The van der Waals surface area contributed by atoms with Gasteiger partial charge in [-0.25, -0.2) is 0 Å². The Morgan fingerprint density at radius 1 is 0.393 bits per heavy atom. The lowest BCUT2D eigenvalue weighted by molar-refractivity contribution is -0.130. The fourth-order valence-electron chi connectivity index (χ4n) is 15.6. The Hall–Kier alpha value is -7.75. The van der Waals surface area contributed by atoms with E-state index in [0.717, 1.165) is 30.2 Å². The summed E-state index contributed by atoms with van der Waals surface area (Å²) in [6, 6.07) is 7.87. The number of Topliss-reactive ketones (excluding diaryl/α,β-unsaturated/α-hetero) is 5. The average Bonchev–Trinajstić information content (AvgIpc) is 0.660. The van der Waals surface area contributed by atoms with E-state index in [1.165, 1.54) is 79.5 Å². The molecule has 0 aliphatic carbocycles. The Morgan fingerprint density at radius 3 is 1.11 bits per heavy atom. The lowest BCUT2D eigenvalue weighted by Crippen LogP contribution is -2.46. The van der Waals surface area contributed by atoms with E-state index in [1.54, 1.807) is 30.9 Å². The van der Waals surface area contributed by atoms with Crippen molar-refractivity contribution in [1.82, 2.24) is 24.5 Å². The number of hydrogen-bond acceptors (Lipinski definition) is 20. The molecule has 5 fully saturated rings. The number of aromatic hydroxyl groups is 1. The third-order valence-electron chi connectivity index (χ3n) is 21.4. The van der Waals surface area contributed by atoms with Crippen LogP contribution in [0.5, 0.6) is 57.5 Å². The molecule has 5 saturated heterocycles. The molecule has 0 amide bonds. The summed E-state index contributed by atoms with van der Waals surface area (Å²) in [6.45, 7) is -12.7. The molecule has 117 heavy (non-hydrogen) atoms. The van der Waals surface area contributed by atoms with E-state index < -0.39 is 259 Å². The number of carbonyl (C=O) groups is 5. The van der Waals surface area contributed by atoms with Crippen LogP contribution in [0.3, 0.4) is 0 Å². The van der Waals surface area contributed by atoms with Gasteiger partial charge in [0.05, 0.1) is 84.2 Å². The van der Waals surface area contributed by atoms with Crippen molar-refractivity contribution in [2.75, 3.05) is 129 Å². The predicted molar refractivity (Wildman–Crippen MR) is 460 cm³/mol. The van der Waals surface area contributed by atoms with Gasteiger partial charge in [-0.1, -0.05) is 88.1 Å². The number of hydrogen-bond donors (Lipinski definition) is 1. The number of ketones is 5. The summed E-state index contributed by atoms with van der Waals surface area (Å²) in [4.78, 5) is 73.0. The van der Waals surface area contributed by atoms with Crippen molar-refractivity contribution in [3.63, 3.8) is 0 Å². The number of fused-ring (bicyclic) bond motifs is 15. The minimum atomic E-state index is -4.11. The highest BCUT2D eigenvalue weighted by Gasteiger charge is 2.45. The van der Waals surface area contributed by atoms with Crippen LogP contribution in [0.4, 0.5) is 0 Å². The molecule has 20 nitrogen and oxygen atoms in total. The lowest BCUT2D eigenvalue weighted by Gasteiger charge is -2.43. The molecule has 20 heteroatoms. The maximum absolute atomic E-state index is 13.8. The first kappa shape index (κ1) is 41.7. The van der Waals surface area contributed by atoms with E-state index >= 15 is 0 Å². The molecular weight excluding hydrogens is 1480 g/mol. The van der Waals surface area contributed by atoms with Crippen LogP contribution in [0.15, 0.2) is 60.7 Å². The standard InChI is InChI=1S/2C20H29NO3.3C19H27NO3/c2*1-5-13(2)8-15-12-21-7-6-14-9-19(23-3)20(24-4)10-16(14)17(21)11-18(15)22;2*1-12(2)7-14-11-20-6-5-13-8-18(22-3)19(23-4)9-15(13)16(20)10-17(14)21;1-4-12(2)7-14-11-20-6-5-13-8-19(23-3)18(22)9-15(13)16(20)10-17(14)21/h2*9-10,13,15,17H,5-8,11-12H2,1-4H3;2*8-9,12,14,16H,5-7,10-11H2,1-4H3;8-9,12,14,16,22H,4-7,10-11H2,1-3H3/i2D3,3D3,5D2,8D2,11D2,12D2,13D,15D;2D3,3D3,5D2,8D2,12D2,13D;3D3,10D2,11D2,14D;3D3,11D2;2D3,3D3,4D2,7D2,10D2,12D,14D. The van der Waals surface area contributed by atoms with Crippen molar-refractivity contribution in [2.45, 2.75) is 214 Å². The molecule has 0 aromatic heterocycles. The van der Waals surface area contributed by atoms with E-state index in [9.17, 15) is 29.1 Å². The van der Waals surface area contributed by atoms with Gasteiger partial charge < -0.3 is 47.7 Å². The molecule has 10 aliphatic rings. The van der Waals surface area contributed by atoms with Crippen LogP contribution in [0.2, 0.25) is 0 Å². The highest BCUT2D eigenvalue weighted by molar-refractivity contribution is 5.86. The zero-order valence-corrected chi connectivity index (χ0v) is 67.0. The molecule has 5 aromatic carbocycles. The molecule has 13 unspecified atom stereocenters. The largest absolute Gasteiger partial charge is 0.504 e. The van der Waals surface area contributed by atoms with Crippen molar-refractivity contribution in [1.29, 1.82) is 0 Å². The van der Waals surface area contributed by atoms with Crippen LogP contribution in [0.1, 0.15) is 315 Å². The SMILES string of the molecule is [2H]C([2H])([2H])Oc1cc2c(cc1O)C1N(CC2)CC([2H])(C([2H])([2H])C([2H])(C([2H])([2H])[2H])C([2H])([2H])C)C(=O)C1([2H])[2H].[2H]C([2H])([2H])Oc1cc2c(cc1OC)C1CC(=O)C(C([2H])([2H])C([2H])(C([2H])([2H])[2H])C([2H])([2H])C)C([2H])([2H])N1CC2.[2H]C([2H])([2H])Oc1cc2c(cc1OC)C1CC(=O)C(CC(C)C)C([2H])([2H])N1CC2.[2H]C([2H])([2H])Oc1cc2c(cc1OC)C1N(CC2)C([2H])([2H])C([2H])(C([2H])([2H])C([2H])(C([2H])([2H])[2H])C([2H])([2H])C)C(=O)C1([2H])[2H].[2H]C([2H])([2H])Oc1cc2c(cc1OC)C1N(CC2)C([2H])([2H])C([2H])(CC(C)C)C(=O)C1([2H])[2H]. The van der Waals surface area contributed by atoms with Crippen LogP contribution < -0.4 is 42.6 Å². The number of phenolic OH excluding ortho intramolecular Hbond substituents is 1. The van der Waals surface area contributed by atoms with Gasteiger partial charge in [-0.05, 0) is 210 Å². The van der Waals surface area contributed by atoms with Gasteiger partial charge in [0.25, 0.3) is 0 Å². The second-order valence-electron chi connectivity index (χ2n) is 29.6. The summed E-state index contributed by atoms with van der Waals surface area (Å²) in [5.74, 6) is -30.1. The van der Waals surface area contributed by atoms with Crippen LogP contribution >= 0.6 is 0 Å². The second-order valence-corrected chi connectivity index (χ2v) is 29.6. The van der Waals surface area contributed by atoms with Gasteiger partial charge in [0.2, 0.25) is 0 Å². The predicted octanol–water partition coefficient (Wildman–Crippen LogP) is 17.1. The molecule has 15 rings (SSSR count).